The van der Waals surface area contributed by atoms with Gasteiger partial charge >= 0.3 is 0 Å². The molecule has 3 rings (SSSR count). The summed E-state index contributed by atoms with van der Waals surface area (Å²) in [6.45, 7) is 0. The van der Waals surface area contributed by atoms with Crippen molar-refractivity contribution in [3.05, 3.63) is 46.7 Å². The number of hydrogen-bond donors (Lipinski definition) is 2. The molecule has 5 heteroatoms. The van der Waals surface area contributed by atoms with Crippen LogP contribution in [-0.2, 0) is 11.2 Å². The zero-order valence-corrected chi connectivity index (χ0v) is 11.7. The van der Waals surface area contributed by atoms with Crippen molar-refractivity contribution in [2.75, 3.05) is 5.32 Å². The Labute approximate surface area is 120 Å². The van der Waals surface area contributed by atoms with E-state index in [1.54, 1.807) is 11.3 Å². The van der Waals surface area contributed by atoms with Crippen molar-refractivity contribution in [2.24, 2.45) is 0 Å². The highest BCUT2D eigenvalue weighted by Gasteiger charge is 2.08. The van der Waals surface area contributed by atoms with Crippen LogP contribution in [0, 0.1) is 0 Å². The Bertz CT molecular complexity index is 703. The molecule has 0 aliphatic carbocycles. The van der Waals surface area contributed by atoms with Crippen LogP contribution >= 0.6 is 11.3 Å². The highest BCUT2D eigenvalue weighted by atomic mass is 32.1. The summed E-state index contributed by atoms with van der Waals surface area (Å²) < 4.78 is 0. The van der Waals surface area contributed by atoms with Crippen LogP contribution in [-0.4, -0.2) is 16.1 Å². The molecule has 0 spiro atoms. The number of fused-ring (bicyclic) bond motifs is 1. The lowest BCUT2D eigenvalue weighted by Gasteiger charge is -2.02. The average Bonchev–Trinajstić information content (AvgIpc) is 3.09. The summed E-state index contributed by atoms with van der Waals surface area (Å²) in [6, 6.07) is 11.9. The van der Waals surface area contributed by atoms with Gasteiger partial charge in [0.1, 0.15) is 0 Å². The predicted molar refractivity (Wildman–Crippen MR) is 82.0 cm³/mol. The molecule has 2 aromatic heterocycles. The van der Waals surface area contributed by atoms with E-state index in [0.29, 0.717) is 12.2 Å². The highest BCUT2D eigenvalue weighted by Crippen LogP contribution is 2.20. The molecule has 20 heavy (non-hydrogen) atoms. The second-order valence-electron chi connectivity index (χ2n) is 4.60. The molecular formula is C15H15N3OS. The topological polar surface area (TPSA) is 57.8 Å². The third kappa shape index (κ3) is 2.88. The van der Waals surface area contributed by atoms with E-state index >= 15 is 0 Å². The molecule has 0 aliphatic rings. The standard InChI is InChI=1S/C15H15N3OS/c19-14(9-3-5-11-6-4-10-20-11)16-15-12-7-1-2-8-13(12)17-18-15/h1-2,4,6-8,10H,3,5,9H2,(H2,16,17,18,19). The Morgan fingerprint density at radius 2 is 2.15 bits per heavy atom. The van der Waals surface area contributed by atoms with Crippen LogP contribution in [0.2, 0.25) is 0 Å². The Hall–Kier alpha value is -2.14. The Kier molecular flexibility index (Phi) is 3.78. The molecule has 0 saturated heterocycles. The third-order valence-electron chi connectivity index (χ3n) is 3.14. The summed E-state index contributed by atoms with van der Waals surface area (Å²) in [5, 5.41) is 12.9. The smallest absolute Gasteiger partial charge is 0.225 e. The van der Waals surface area contributed by atoms with Crippen LogP contribution in [0.5, 0.6) is 0 Å². The first-order valence-corrected chi connectivity index (χ1v) is 7.46. The van der Waals surface area contributed by atoms with Crippen molar-refractivity contribution < 1.29 is 4.79 Å². The second kappa shape index (κ2) is 5.88. The number of nitrogens with one attached hydrogen (secondary N) is 2. The second-order valence-corrected chi connectivity index (χ2v) is 5.63. The summed E-state index contributed by atoms with van der Waals surface area (Å²) in [7, 11) is 0. The highest BCUT2D eigenvalue weighted by molar-refractivity contribution is 7.09. The number of carbonyl (C=O) groups is 1. The maximum atomic E-state index is 11.9. The zero-order valence-electron chi connectivity index (χ0n) is 10.9. The average molecular weight is 285 g/mol. The van der Waals surface area contributed by atoms with E-state index < -0.39 is 0 Å². The summed E-state index contributed by atoms with van der Waals surface area (Å²) in [4.78, 5) is 13.2. The summed E-state index contributed by atoms with van der Waals surface area (Å²) in [5.74, 6) is 0.625. The van der Waals surface area contributed by atoms with Crippen molar-refractivity contribution in [3.63, 3.8) is 0 Å². The van der Waals surface area contributed by atoms with Gasteiger partial charge < -0.3 is 5.32 Å². The number of aromatic nitrogens is 2. The van der Waals surface area contributed by atoms with Gasteiger partial charge in [0.15, 0.2) is 5.82 Å². The van der Waals surface area contributed by atoms with Crippen molar-refractivity contribution in [1.29, 1.82) is 0 Å². The van der Waals surface area contributed by atoms with E-state index in [1.807, 2.05) is 30.3 Å². The molecule has 0 saturated carbocycles. The molecule has 2 N–H and O–H groups in total. The number of carbonyl (C=O) groups excluding carboxylic acids is 1. The van der Waals surface area contributed by atoms with Gasteiger partial charge in [-0.05, 0) is 36.4 Å². The molecule has 2 heterocycles. The van der Waals surface area contributed by atoms with Gasteiger partial charge in [-0.15, -0.1) is 11.3 Å². The molecule has 0 atom stereocenters. The molecule has 0 aliphatic heterocycles. The van der Waals surface area contributed by atoms with Gasteiger partial charge in [-0.3, -0.25) is 9.89 Å². The quantitative estimate of drug-likeness (QED) is 0.752. The molecule has 0 radical (unpaired) electrons. The summed E-state index contributed by atoms with van der Waals surface area (Å²) in [6.07, 6.45) is 2.32. The zero-order chi connectivity index (χ0) is 13.8. The SMILES string of the molecule is O=C(CCCc1cccs1)Nc1n[nH]c2ccccc12. The first kappa shape index (κ1) is 12.9. The molecule has 1 amide bonds. The fourth-order valence-electron chi connectivity index (χ4n) is 2.13. The molecule has 4 nitrogen and oxygen atoms in total. The van der Waals surface area contributed by atoms with Gasteiger partial charge in [-0.25, -0.2) is 0 Å². The van der Waals surface area contributed by atoms with Crippen LogP contribution in [0.1, 0.15) is 17.7 Å². The monoisotopic (exact) mass is 285 g/mol. The first-order valence-electron chi connectivity index (χ1n) is 6.58. The number of H-pyrrole nitrogens is 1. The summed E-state index contributed by atoms with van der Waals surface area (Å²) >= 11 is 1.73. The van der Waals surface area contributed by atoms with Gasteiger partial charge in [0.25, 0.3) is 0 Å². The molecule has 0 unspecified atom stereocenters. The van der Waals surface area contributed by atoms with E-state index in [2.05, 4.69) is 27.0 Å². The van der Waals surface area contributed by atoms with Gasteiger partial charge in [0.05, 0.1) is 5.52 Å². The minimum atomic E-state index is 0.0128. The fourth-order valence-corrected chi connectivity index (χ4v) is 2.88. The predicted octanol–water partition coefficient (Wildman–Crippen LogP) is 3.59. The number of aryl methyl sites for hydroxylation is 1. The first-order chi connectivity index (χ1) is 9.83. The van der Waals surface area contributed by atoms with Crippen molar-refractivity contribution in [3.8, 4) is 0 Å². The number of thiophene rings is 1. The van der Waals surface area contributed by atoms with E-state index in [-0.39, 0.29) is 5.91 Å². The maximum Gasteiger partial charge on any atom is 0.225 e. The number of anilines is 1. The molecule has 0 bridgehead atoms. The van der Waals surface area contributed by atoms with E-state index in [4.69, 9.17) is 0 Å². The van der Waals surface area contributed by atoms with Crippen molar-refractivity contribution in [2.45, 2.75) is 19.3 Å². The van der Waals surface area contributed by atoms with E-state index in [1.165, 1.54) is 4.88 Å². The lowest BCUT2D eigenvalue weighted by Crippen LogP contribution is -2.11. The number of amides is 1. The summed E-state index contributed by atoms with van der Waals surface area (Å²) in [5.41, 5.74) is 0.932. The number of benzene rings is 1. The van der Waals surface area contributed by atoms with E-state index in [9.17, 15) is 4.79 Å². The number of rotatable bonds is 5. The lowest BCUT2D eigenvalue weighted by molar-refractivity contribution is -0.116. The van der Waals surface area contributed by atoms with Gasteiger partial charge in [-0.2, -0.15) is 5.10 Å². The van der Waals surface area contributed by atoms with Crippen molar-refractivity contribution in [1.82, 2.24) is 10.2 Å². The number of aromatic amines is 1. The maximum absolute atomic E-state index is 11.9. The van der Waals surface area contributed by atoms with Crippen LogP contribution in [0.4, 0.5) is 5.82 Å². The fraction of sp³-hybridized carbons (Fsp3) is 0.200. The van der Waals surface area contributed by atoms with Crippen LogP contribution in [0.15, 0.2) is 41.8 Å². The van der Waals surface area contributed by atoms with Crippen molar-refractivity contribution >= 4 is 34.0 Å². The van der Waals surface area contributed by atoms with Gasteiger partial charge in [0, 0.05) is 16.7 Å². The number of hydrogen-bond acceptors (Lipinski definition) is 3. The molecule has 0 fully saturated rings. The Balaban J connectivity index is 1.56. The largest absolute Gasteiger partial charge is 0.309 e. The van der Waals surface area contributed by atoms with Gasteiger partial charge in [-0.1, -0.05) is 18.2 Å². The molecular weight excluding hydrogens is 270 g/mol. The normalized spacial score (nSPS) is 10.8. The molecule has 1 aromatic carbocycles. The van der Waals surface area contributed by atoms with Crippen LogP contribution < -0.4 is 5.32 Å². The minimum absolute atomic E-state index is 0.0128. The van der Waals surface area contributed by atoms with Crippen LogP contribution in [0.3, 0.4) is 0 Å². The minimum Gasteiger partial charge on any atom is -0.309 e. The van der Waals surface area contributed by atoms with E-state index in [0.717, 1.165) is 23.7 Å². The Morgan fingerprint density at radius 1 is 1.25 bits per heavy atom. The Morgan fingerprint density at radius 3 is 3.00 bits per heavy atom. The number of para-hydroxylation sites is 1. The number of nitrogens with zero attached hydrogens (tertiary/aromatic N) is 1. The van der Waals surface area contributed by atoms with Gasteiger partial charge in [0.2, 0.25) is 5.91 Å². The molecule has 102 valence electrons. The molecule has 3 aromatic rings. The third-order valence-corrected chi connectivity index (χ3v) is 4.07. The van der Waals surface area contributed by atoms with Crippen LogP contribution in [0.25, 0.3) is 10.9 Å². The lowest BCUT2D eigenvalue weighted by atomic mass is 10.2.